The Bertz CT molecular complexity index is 710. The zero-order valence-corrected chi connectivity index (χ0v) is 13.5. The van der Waals surface area contributed by atoms with Gasteiger partial charge in [0, 0.05) is 15.2 Å². The smallest absolute Gasteiger partial charge is 0.163 e. The van der Waals surface area contributed by atoms with Gasteiger partial charge in [-0.15, -0.1) is 11.8 Å². The van der Waals surface area contributed by atoms with E-state index < -0.39 is 11.6 Å². The van der Waals surface area contributed by atoms with Crippen molar-refractivity contribution in [2.45, 2.75) is 26.4 Å². The molecule has 102 valence electrons. The monoisotopic (exact) mass is 400 g/mol. The SMILES string of the molecule is Fc1ccc2c(c1F)C1(CC1)Sc1ccccc1C2I. The van der Waals surface area contributed by atoms with Crippen molar-refractivity contribution >= 4 is 34.4 Å². The van der Waals surface area contributed by atoms with E-state index in [1.807, 2.05) is 12.1 Å². The molecule has 4 rings (SSSR count). The Hall–Kier alpha value is -0.620. The first-order valence-electron chi connectivity index (χ1n) is 6.53. The maximum absolute atomic E-state index is 14.4. The van der Waals surface area contributed by atoms with Gasteiger partial charge in [0.1, 0.15) is 0 Å². The Morgan fingerprint density at radius 2 is 1.80 bits per heavy atom. The highest BCUT2D eigenvalue weighted by atomic mass is 127. The second-order valence-electron chi connectivity index (χ2n) is 5.32. The van der Waals surface area contributed by atoms with Crippen molar-refractivity contribution in [2.24, 2.45) is 0 Å². The molecule has 0 bridgehead atoms. The molecule has 2 aromatic rings. The molecule has 20 heavy (non-hydrogen) atoms. The van der Waals surface area contributed by atoms with Gasteiger partial charge in [0.15, 0.2) is 11.6 Å². The number of hydrogen-bond donors (Lipinski definition) is 0. The molecule has 1 unspecified atom stereocenters. The standard InChI is InChI=1S/C16H11F2IS/c17-11-6-5-10-13(14(11)18)16(7-8-16)20-12-4-2-1-3-9(12)15(10)19/h1-6,15H,7-8H2. The van der Waals surface area contributed by atoms with Crippen LogP contribution in [0.15, 0.2) is 41.3 Å². The number of benzene rings is 2. The summed E-state index contributed by atoms with van der Waals surface area (Å²) >= 11 is 4.04. The molecule has 0 nitrogen and oxygen atoms in total. The summed E-state index contributed by atoms with van der Waals surface area (Å²) in [7, 11) is 0. The normalized spacial score (nSPS) is 22.1. The minimum atomic E-state index is -0.731. The molecule has 0 saturated heterocycles. The lowest BCUT2D eigenvalue weighted by Crippen LogP contribution is -2.09. The lowest BCUT2D eigenvalue weighted by atomic mass is 9.96. The molecule has 1 heterocycles. The molecule has 0 amide bonds. The first kappa shape index (κ1) is 13.1. The lowest BCUT2D eigenvalue weighted by Gasteiger charge is -2.18. The van der Waals surface area contributed by atoms with E-state index in [4.69, 9.17) is 0 Å². The van der Waals surface area contributed by atoms with Crippen LogP contribution in [0.25, 0.3) is 0 Å². The summed E-state index contributed by atoms with van der Waals surface area (Å²) in [6.45, 7) is 0. The Labute approximate surface area is 134 Å². The number of halogens is 3. The molecule has 1 aliphatic carbocycles. The fourth-order valence-electron chi connectivity index (χ4n) is 2.92. The van der Waals surface area contributed by atoms with Gasteiger partial charge in [0.2, 0.25) is 0 Å². The van der Waals surface area contributed by atoms with E-state index in [1.54, 1.807) is 17.8 Å². The van der Waals surface area contributed by atoms with Crippen molar-refractivity contribution in [3.63, 3.8) is 0 Å². The van der Waals surface area contributed by atoms with Crippen molar-refractivity contribution in [1.82, 2.24) is 0 Å². The number of rotatable bonds is 0. The van der Waals surface area contributed by atoms with Gasteiger partial charge in [-0.3, -0.25) is 0 Å². The van der Waals surface area contributed by atoms with Crippen LogP contribution >= 0.6 is 34.4 Å². The predicted octanol–water partition coefficient (Wildman–Crippen LogP) is 5.58. The summed E-state index contributed by atoms with van der Waals surface area (Å²) in [5.41, 5.74) is 2.73. The van der Waals surface area contributed by atoms with Gasteiger partial charge in [-0.1, -0.05) is 46.9 Å². The van der Waals surface area contributed by atoms with Crippen LogP contribution in [0.2, 0.25) is 0 Å². The summed E-state index contributed by atoms with van der Waals surface area (Å²) < 4.78 is 27.9. The maximum Gasteiger partial charge on any atom is 0.163 e. The zero-order chi connectivity index (χ0) is 13.9. The van der Waals surface area contributed by atoms with Gasteiger partial charge in [-0.05, 0) is 36.1 Å². The second-order valence-corrected chi connectivity index (χ2v) is 7.99. The third-order valence-corrected chi connectivity index (χ3v) is 6.99. The average molecular weight is 400 g/mol. The van der Waals surface area contributed by atoms with Gasteiger partial charge in [-0.2, -0.15) is 0 Å². The van der Waals surface area contributed by atoms with Crippen LogP contribution in [0, 0.1) is 11.6 Å². The quantitative estimate of drug-likeness (QED) is 0.411. The third-order valence-electron chi connectivity index (χ3n) is 4.06. The highest BCUT2D eigenvalue weighted by molar-refractivity contribution is 14.1. The number of hydrogen-bond acceptors (Lipinski definition) is 1. The van der Waals surface area contributed by atoms with Gasteiger partial charge < -0.3 is 0 Å². The first-order valence-corrected chi connectivity index (χ1v) is 8.59. The number of thioether (sulfide) groups is 1. The van der Waals surface area contributed by atoms with Gasteiger partial charge in [0.25, 0.3) is 0 Å². The average Bonchev–Trinajstić information content (AvgIpc) is 3.22. The Morgan fingerprint density at radius 3 is 2.55 bits per heavy atom. The summed E-state index contributed by atoms with van der Waals surface area (Å²) in [6, 6.07) is 11.2. The zero-order valence-electron chi connectivity index (χ0n) is 10.5. The van der Waals surface area contributed by atoms with Crippen molar-refractivity contribution in [3.8, 4) is 0 Å². The van der Waals surface area contributed by atoms with E-state index in [1.165, 1.54) is 16.5 Å². The van der Waals surface area contributed by atoms with E-state index in [0.29, 0.717) is 5.56 Å². The van der Waals surface area contributed by atoms with Gasteiger partial charge in [-0.25, -0.2) is 8.78 Å². The Morgan fingerprint density at radius 1 is 1.05 bits per heavy atom. The van der Waals surface area contributed by atoms with E-state index in [9.17, 15) is 8.78 Å². The molecule has 1 atom stereocenters. The summed E-state index contributed by atoms with van der Waals surface area (Å²) in [5.74, 6) is -1.38. The number of alkyl halides is 1. The summed E-state index contributed by atoms with van der Waals surface area (Å²) in [6.07, 6.45) is 1.84. The summed E-state index contributed by atoms with van der Waals surface area (Å²) in [5, 5.41) is 0. The lowest BCUT2D eigenvalue weighted by molar-refractivity contribution is 0.495. The van der Waals surface area contributed by atoms with Crippen LogP contribution in [0.3, 0.4) is 0 Å². The minimum absolute atomic E-state index is 0.0707. The molecule has 1 fully saturated rings. The molecule has 0 radical (unpaired) electrons. The van der Waals surface area contributed by atoms with Crippen molar-refractivity contribution < 1.29 is 8.78 Å². The molecular weight excluding hydrogens is 389 g/mol. The highest BCUT2D eigenvalue weighted by Gasteiger charge is 2.51. The van der Waals surface area contributed by atoms with Crippen molar-refractivity contribution in [1.29, 1.82) is 0 Å². The van der Waals surface area contributed by atoms with Crippen LogP contribution in [0.5, 0.6) is 0 Å². The largest absolute Gasteiger partial charge is 0.204 e. The van der Waals surface area contributed by atoms with Crippen molar-refractivity contribution in [3.05, 3.63) is 64.7 Å². The molecule has 0 aromatic heterocycles. The molecule has 1 aliphatic heterocycles. The van der Waals surface area contributed by atoms with Crippen molar-refractivity contribution in [2.75, 3.05) is 0 Å². The van der Waals surface area contributed by atoms with E-state index >= 15 is 0 Å². The molecule has 0 N–H and O–H groups in total. The molecular formula is C16H11F2IS. The maximum atomic E-state index is 14.4. The van der Waals surface area contributed by atoms with Crippen LogP contribution in [0.4, 0.5) is 8.78 Å². The number of fused-ring (bicyclic) bond motifs is 3. The minimum Gasteiger partial charge on any atom is -0.204 e. The van der Waals surface area contributed by atoms with Crippen LogP contribution < -0.4 is 0 Å². The molecule has 2 aliphatic rings. The topological polar surface area (TPSA) is 0 Å². The molecule has 1 saturated carbocycles. The Balaban J connectivity index is 2.03. The van der Waals surface area contributed by atoms with E-state index in [0.717, 1.165) is 18.4 Å². The van der Waals surface area contributed by atoms with Crippen LogP contribution in [-0.2, 0) is 4.75 Å². The van der Waals surface area contributed by atoms with Gasteiger partial charge >= 0.3 is 0 Å². The Kier molecular flexibility index (Phi) is 2.90. The van der Waals surface area contributed by atoms with Crippen LogP contribution in [0.1, 0.15) is 33.5 Å². The highest BCUT2D eigenvalue weighted by Crippen LogP contribution is 2.65. The second kappa shape index (κ2) is 4.44. The van der Waals surface area contributed by atoms with E-state index in [2.05, 4.69) is 34.7 Å². The fourth-order valence-corrected chi connectivity index (χ4v) is 5.68. The predicted molar refractivity (Wildman–Crippen MR) is 85.4 cm³/mol. The summed E-state index contributed by atoms with van der Waals surface area (Å²) in [4.78, 5) is 1.19. The van der Waals surface area contributed by atoms with E-state index in [-0.39, 0.29) is 8.67 Å². The van der Waals surface area contributed by atoms with Crippen LogP contribution in [-0.4, -0.2) is 0 Å². The fraction of sp³-hybridized carbons (Fsp3) is 0.250. The first-order chi connectivity index (χ1) is 9.62. The van der Waals surface area contributed by atoms with Gasteiger partial charge in [0.05, 0.1) is 3.92 Å². The molecule has 2 aromatic carbocycles. The third kappa shape index (κ3) is 1.77. The molecule has 1 spiro atoms. The molecule has 4 heteroatoms.